The summed E-state index contributed by atoms with van der Waals surface area (Å²) in [6, 6.07) is 40.2. The Morgan fingerprint density at radius 1 is 0.375 bits per heavy atom. The number of pyridine rings is 1. The lowest BCUT2D eigenvalue weighted by Gasteiger charge is -2.30. The third-order valence-corrected chi connectivity index (χ3v) is 10.4. The summed E-state index contributed by atoms with van der Waals surface area (Å²) in [5.74, 6) is 1.33. The second-order valence-corrected chi connectivity index (χ2v) is 14.9. The maximum absolute atomic E-state index is 6.37. The van der Waals surface area contributed by atoms with Crippen LogP contribution in [0.25, 0.3) is 44.8 Å². The molecule has 0 saturated heterocycles. The number of ether oxygens (including phenoxy) is 2. The summed E-state index contributed by atoms with van der Waals surface area (Å²) in [7, 11) is 0. The highest BCUT2D eigenvalue weighted by molar-refractivity contribution is 5.98. The molecule has 0 saturated carbocycles. The van der Waals surface area contributed by atoms with Gasteiger partial charge >= 0.3 is 0 Å². The molecule has 7 rings (SSSR count). The van der Waals surface area contributed by atoms with Crippen molar-refractivity contribution in [2.45, 2.75) is 77.7 Å². The molecule has 48 heavy (non-hydrogen) atoms. The minimum absolute atomic E-state index is 0.335. The number of hydrogen-bond acceptors (Lipinski definition) is 5. The van der Waals surface area contributed by atoms with Crippen molar-refractivity contribution < 1.29 is 9.47 Å². The summed E-state index contributed by atoms with van der Waals surface area (Å²) in [5, 5.41) is 0. The maximum Gasteiger partial charge on any atom is 0.217 e. The average Bonchev–Trinajstić information content (AvgIpc) is 3.44. The molecule has 0 N–H and O–H groups in total. The molecule has 2 aliphatic heterocycles. The van der Waals surface area contributed by atoms with Gasteiger partial charge in [-0.2, -0.15) is 0 Å². The van der Waals surface area contributed by atoms with Crippen LogP contribution in [-0.4, -0.2) is 39.1 Å². The van der Waals surface area contributed by atoms with Crippen molar-refractivity contribution >= 4 is 11.8 Å². The van der Waals surface area contributed by atoms with Crippen molar-refractivity contribution in [3.8, 4) is 44.8 Å². The monoisotopic (exact) mass is 633 g/mol. The molecule has 0 unspecified atom stereocenters. The van der Waals surface area contributed by atoms with Crippen molar-refractivity contribution in [2.75, 3.05) is 0 Å². The Morgan fingerprint density at radius 3 is 1.17 bits per heavy atom. The molecule has 5 heteroatoms. The van der Waals surface area contributed by atoms with Crippen LogP contribution >= 0.6 is 0 Å². The Balaban J connectivity index is 1.32. The summed E-state index contributed by atoms with van der Waals surface area (Å²) < 4.78 is 12.7. The number of benzene rings is 4. The van der Waals surface area contributed by atoms with Gasteiger partial charge in [0.2, 0.25) is 11.8 Å². The van der Waals surface area contributed by atoms with Gasteiger partial charge in [0.1, 0.15) is 11.2 Å². The number of hydrogen-bond donors (Lipinski definition) is 0. The van der Waals surface area contributed by atoms with E-state index in [0.717, 1.165) is 44.8 Å². The molecule has 242 valence electrons. The Bertz CT molecular complexity index is 1960. The topological polar surface area (TPSA) is 56.1 Å². The first-order valence-corrected chi connectivity index (χ1v) is 16.7. The first-order valence-electron chi connectivity index (χ1n) is 16.7. The van der Waals surface area contributed by atoms with Crippen LogP contribution in [0.15, 0.2) is 125 Å². The largest absolute Gasteiger partial charge is 0.469 e. The molecular formula is C43H43N3O2. The molecule has 4 aromatic carbocycles. The lowest BCUT2D eigenvalue weighted by molar-refractivity contribution is 0.0618. The Morgan fingerprint density at radius 2 is 0.750 bits per heavy atom. The van der Waals surface area contributed by atoms with E-state index in [-0.39, 0.29) is 11.1 Å². The van der Waals surface area contributed by atoms with Crippen LogP contribution in [-0.2, 0) is 9.47 Å². The van der Waals surface area contributed by atoms with Gasteiger partial charge in [0, 0.05) is 22.3 Å². The summed E-state index contributed by atoms with van der Waals surface area (Å²) in [6.07, 6.45) is 0. The summed E-state index contributed by atoms with van der Waals surface area (Å²) in [4.78, 5) is 15.2. The van der Waals surface area contributed by atoms with Gasteiger partial charge < -0.3 is 9.47 Å². The van der Waals surface area contributed by atoms with Crippen LogP contribution in [0.3, 0.4) is 0 Å². The quantitative estimate of drug-likeness (QED) is 0.187. The van der Waals surface area contributed by atoms with E-state index in [1.165, 1.54) is 11.1 Å². The molecule has 2 aliphatic rings. The molecule has 0 radical (unpaired) electrons. The van der Waals surface area contributed by atoms with E-state index in [4.69, 9.17) is 24.4 Å². The SMILES string of the molecule is CC1(C)N=C(c2cccc(-c3cc(-c4ccc(-c5ccccc5)cc4)cc(-c4cccc(C5=NC(C)(C)C(C)(C)O5)c4)n3)c2)OC1(C)C. The summed E-state index contributed by atoms with van der Waals surface area (Å²) >= 11 is 0. The number of aliphatic imine (C=N–C) groups is 2. The summed E-state index contributed by atoms with van der Waals surface area (Å²) in [5.41, 5.74) is 8.71. The Kier molecular flexibility index (Phi) is 7.43. The predicted molar refractivity (Wildman–Crippen MR) is 198 cm³/mol. The zero-order valence-electron chi connectivity index (χ0n) is 29.1. The molecule has 0 amide bonds. The molecule has 0 spiro atoms. The second kappa shape index (κ2) is 11.3. The third kappa shape index (κ3) is 5.72. The first-order chi connectivity index (χ1) is 22.7. The fourth-order valence-electron chi connectivity index (χ4n) is 5.90. The van der Waals surface area contributed by atoms with Crippen LogP contribution in [0.5, 0.6) is 0 Å². The van der Waals surface area contributed by atoms with Crippen LogP contribution in [0.4, 0.5) is 0 Å². The van der Waals surface area contributed by atoms with E-state index in [0.29, 0.717) is 11.8 Å². The standard InChI is InChI=1S/C43H43N3O2/c1-40(2)42(5,6)47-38(45-40)33-18-12-16-31(24-33)36-26-35(30-22-20-29(21-23-30)28-14-10-9-11-15-28)27-37(44-36)32-17-13-19-34(25-32)39-46-41(3,4)43(7,8)48-39/h9-27H,1-8H3. The molecule has 0 fully saturated rings. The van der Waals surface area contributed by atoms with Crippen molar-refractivity contribution in [1.29, 1.82) is 0 Å². The number of rotatable bonds is 6. The Hall–Kier alpha value is -5.03. The van der Waals surface area contributed by atoms with Crippen molar-refractivity contribution in [1.82, 2.24) is 4.98 Å². The van der Waals surface area contributed by atoms with Gasteiger partial charge in [-0.25, -0.2) is 15.0 Å². The molecule has 1 aromatic heterocycles. The van der Waals surface area contributed by atoms with Crippen LogP contribution < -0.4 is 0 Å². The van der Waals surface area contributed by atoms with Gasteiger partial charge in [0.25, 0.3) is 0 Å². The zero-order chi connectivity index (χ0) is 33.9. The average molecular weight is 634 g/mol. The molecule has 5 aromatic rings. The van der Waals surface area contributed by atoms with E-state index < -0.39 is 11.2 Å². The predicted octanol–water partition coefficient (Wildman–Crippen LogP) is 10.4. The van der Waals surface area contributed by atoms with Crippen LogP contribution in [0.1, 0.15) is 66.5 Å². The minimum atomic E-state index is -0.404. The van der Waals surface area contributed by atoms with Gasteiger partial charge in [-0.15, -0.1) is 0 Å². The molecule has 5 nitrogen and oxygen atoms in total. The third-order valence-electron chi connectivity index (χ3n) is 10.4. The fraction of sp³-hybridized carbons (Fsp3) is 0.279. The molecular weight excluding hydrogens is 590 g/mol. The van der Waals surface area contributed by atoms with Gasteiger partial charge in [-0.3, -0.25) is 0 Å². The van der Waals surface area contributed by atoms with Crippen LogP contribution in [0, 0.1) is 0 Å². The van der Waals surface area contributed by atoms with E-state index in [1.807, 2.05) is 6.07 Å². The number of aromatic nitrogens is 1. The normalized spacial score (nSPS) is 18.4. The lowest BCUT2D eigenvalue weighted by atomic mass is 9.87. The molecule has 0 aliphatic carbocycles. The van der Waals surface area contributed by atoms with Crippen LogP contribution in [0.2, 0.25) is 0 Å². The van der Waals surface area contributed by atoms with E-state index in [1.54, 1.807) is 0 Å². The van der Waals surface area contributed by atoms with E-state index in [9.17, 15) is 0 Å². The number of nitrogens with zero attached hydrogens (tertiary/aromatic N) is 3. The maximum atomic E-state index is 6.37. The van der Waals surface area contributed by atoms with E-state index >= 15 is 0 Å². The zero-order valence-corrected chi connectivity index (χ0v) is 29.1. The van der Waals surface area contributed by atoms with Gasteiger partial charge in [-0.05, 0) is 114 Å². The summed E-state index contributed by atoms with van der Waals surface area (Å²) in [6.45, 7) is 16.8. The Labute approximate surface area is 284 Å². The molecule has 0 atom stereocenters. The first kappa shape index (κ1) is 31.6. The van der Waals surface area contributed by atoms with E-state index in [2.05, 4.69) is 165 Å². The van der Waals surface area contributed by atoms with Gasteiger partial charge in [0.05, 0.1) is 22.5 Å². The highest BCUT2D eigenvalue weighted by atomic mass is 16.5. The van der Waals surface area contributed by atoms with Crippen molar-refractivity contribution in [3.05, 3.63) is 126 Å². The minimum Gasteiger partial charge on any atom is -0.469 e. The fourth-order valence-corrected chi connectivity index (χ4v) is 5.90. The molecule has 3 heterocycles. The van der Waals surface area contributed by atoms with Gasteiger partial charge in [-0.1, -0.05) is 78.9 Å². The lowest BCUT2D eigenvalue weighted by Crippen LogP contribution is -2.41. The second-order valence-electron chi connectivity index (χ2n) is 14.9. The van der Waals surface area contributed by atoms with Crippen molar-refractivity contribution in [3.63, 3.8) is 0 Å². The smallest absolute Gasteiger partial charge is 0.217 e. The van der Waals surface area contributed by atoms with Crippen molar-refractivity contribution in [2.24, 2.45) is 9.98 Å². The van der Waals surface area contributed by atoms with Gasteiger partial charge in [0.15, 0.2) is 0 Å². The highest BCUT2D eigenvalue weighted by Gasteiger charge is 2.46. The highest BCUT2D eigenvalue weighted by Crippen LogP contribution is 2.39. The molecule has 0 bridgehead atoms.